The first-order valence-corrected chi connectivity index (χ1v) is 12.2. The van der Waals surface area contributed by atoms with Crippen molar-refractivity contribution in [3.05, 3.63) is 88.3 Å². The molecule has 1 aliphatic rings. The summed E-state index contributed by atoms with van der Waals surface area (Å²) in [6.45, 7) is 1.86. The van der Waals surface area contributed by atoms with E-state index in [0.29, 0.717) is 16.6 Å². The van der Waals surface area contributed by atoms with Crippen molar-refractivity contribution in [3.8, 4) is 0 Å². The monoisotopic (exact) mass is 464 g/mol. The molecule has 32 heavy (non-hydrogen) atoms. The Morgan fingerprint density at radius 3 is 2.31 bits per heavy atom. The number of methoxy groups -OCH3 is 1. The summed E-state index contributed by atoms with van der Waals surface area (Å²) < 4.78 is 5.01. The van der Waals surface area contributed by atoms with Crippen molar-refractivity contribution in [2.24, 2.45) is 5.92 Å². The molecule has 0 atom stereocenters. The normalized spacial score (nSPS) is 14.2. The van der Waals surface area contributed by atoms with Crippen molar-refractivity contribution in [1.29, 1.82) is 0 Å². The zero-order valence-electron chi connectivity index (χ0n) is 18.3. The number of hydrogen-bond acceptors (Lipinski definition) is 4. The first kappa shape index (κ1) is 22.5. The highest BCUT2D eigenvalue weighted by molar-refractivity contribution is 7.80. The van der Waals surface area contributed by atoms with Crippen LogP contribution in [0.4, 0.5) is 5.00 Å². The maximum Gasteiger partial charge on any atom is 0.340 e. The molecule has 0 saturated carbocycles. The number of carbonyl (C=O) groups excluding carboxylic acids is 1. The van der Waals surface area contributed by atoms with E-state index in [1.54, 1.807) is 11.3 Å². The molecule has 3 aromatic rings. The molecule has 1 saturated heterocycles. The second-order valence-electron chi connectivity index (χ2n) is 8.16. The topological polar surface area (TPSA) is 41.6 Å². The van der Waals surface area contributed by atoms with Gasteiger partial charge in [0.2, 0.25) is 0 Å². The Bertz CT molecular complexity index is 1040. The van der Waals surface area contributed by atoms with Gasteiger partial charge < -0.3 is 15.0 Å². The second-order valence-corrected chi connectivity index (χ2v) is 9.68. The predicted octanol–water partition coefficient (Wildman–Crippen LogP) is 5.78. The molecular formula is C26H28N2O2S2. The summed E-state index contributed by atoms with van der Waals surface area (Å²) in [5.41, 5.74) is 3.16. The zero-order chi connectivity index (χ0) is 22.3. The Balaban J connectivity index is 1.38. The molecule has 1 aliphatic heterocycles. The SMILES string of the molecule is COC(=O)c1cc(Cc2ccccc2)sc1NC(=S)N1CCC(Cc2ccccc2)CC1. The predicted molar refractivity (Wildman–Crippen MR) is 136 cm³/mol. The number of thiophene rings is 1. The van der Waals surface area contributed by atoms with Gasteiger partial charge in [-0.05, 0) is 54.6 Å². The number of carbonyl (C=O) groups is 1. The number of rotatable bonds is 6. The Morgan fingerprint density at radius 1 is 1.06 bits per heavy atom. The lowest BCUT2D eigenvalue weighted by molar-refractivity contribution is 0.0602. The van der Waals surface area contributed by atoms with E-state index in [1.165, 1.54) is 18.2 Å². The highest BCUT2D eigenvalue weighted by Gasteiger charge is 2.23. The third-order valence-corrected chi connectivity index (χ3v) is 7.31. The Labute approximate surface area is 199 Å². The van der Waals surface area contributed by atoms with Crippen molar-refractivity contribution in [2.75, 3.05) is 25.5 Å². The van der Waals surface area contributed by atoms with Gasteiger partial charge in [-0.25, -0.2) is 4.79 Å². The van der Waals surface area contributed by atoms with E-state index in [9.17, 15) is 4.79 Å². The van der Waals surface area contributed by atoms with Gasteiger partial charge in [-0.15, -0.1) is 11.3 Å². The van der Waals surface area contributed by atoms with E-state index in [0.717, 1.165) is 48.7 Å². The average molecular weight is 465 g/mol. The highest BCUT2D eigenvalue weighted by atomic mass is 32.1. The van der Waals surface area contributed by atoms with Gasteiger partial charge in [0.15, 0.2) is 5.11 Å². The van der Waals surface area contributed by atoms with Crippen LogP contribution in [0.2, 0.25) is 0 Å². The highest BCUT2D eigenvalue weighted by Crippen LogP contribution is 2.31. The van der Waals surface area contributed by atoms with Crippen LogP contribution in [0.5, 0.6) is 0 Å². The number of likely N-dealkylation sites (tertiary alicyclic amines) is 1. The largest absolute Gasteiger partial charge is 0.465 e. The quantitative estimate of drug-likeness (QED) is 0.370. The Morgan fingerprint density at radius 2 is 1.69 bits per heavy atom. The van der Waals surface area contributed by atoms with E-state index in [-0.39, 0.29) is 5.97 Å². The molecule has 0 amide bonds. The minimum absolute atomic E-state index is 0.340. The molecule has 6 heteroatoms. The third-order valence-electron chi connectivity index (χ3n) is 5.90. The van der Waals surface area contributed by atoms with Crippen molar-refractivity contribution >= 4 is 39.6 Å². The van der Waals surface area contributed by atoms with Crippen LogP contribution in [0.15, 0.2) is 66.7 Å². The first-order valence-electron chi connectivity index (χ1n) is 11.0. The minimum Gasteiger partial charge on any atom is -0.465 e. The molecule has 4 rings (SSSR count). The molecule has 4 nitrogen and oxygen atoms in total. The molecule has 166 valence electrons. The second kappa shape index (κ2) is 10.7. The van der Waals surface area contributed by atoms with Crippen molar-refractivity contribution < 1.29 is 9.53 Å². The van der Waals surface area contributed by atoms with Crippen molar-refractivity contribution in [1.82, 2.24) is 4.90 Å². The maximum absolute atomic E-state index is 12.4. The Hall–Kier alpha value is -2.70. The van der Waals surface area contributed by atoms with Gasteiger partial charge >= 0.3 is 5.97 Å². The maximum atomic E-state index is 12.4. The molecule has 0 bridgehead atoms. The van der Waals surface area contributed by atoms with Crippen LogP contribution in [0.1, 0.15) is 39.2 Å². The van der Waals surface area contributed by atoms with Gasteiger partial charge in [0.25, 0.3) is 0 Å². The van der Waals surface area contributed by atoms with Crippen molar-refractivity contribution in [2.45, 2.75) is 25.7 Å². The molecule has 1 fully saturated rings. The number of thiocarbonyl (C=S) groups is 1. The number of nitrogens with zero attached hydrogens (tertiary/aromatic N) is 1. The van der Waals surface area contributed by atoms with E-state index in [1.807, 2.05) is 24.3 Å². The molecular weight excluding hydrogens is 436 g/mol. The van der Waals surface area contributed by atoms with Gasteiger partial charge in [0.05, 0.1) is 12.7 Å². The first-order chi connectivity index (χ1) is 15.6. The molecule has 0 spiro atoms. The molecule has 0 unspecified atom stereocenters. The fourth-order valence-electron chi connectivity index (χ4n) is 4.14. The van der Waals surface area contributed by atoms with Gasteiger partial charge in [0, 0.05) is 24.4 Å². The third kappa shape index (κ3) is 5.75. The van der Waals surface area contributed by atoms with Crippen LogP contribution in [0.25, 0.3) is 0 Å². The van der Waals surface area contributed by atoms with E-state index < -0.39 is 0 Å². The van der Waals surface area contributed by atoms with Crippen LogP contribution in [0.3, 0.4) is 0 Å². The molecule has 0 radical (unpaired) electrons. The number of anilines is 1. The fraction of sp³-hybridized carbons (Fsp3) is 0.308. The van der Waals surface area contributed by atoms with E-state index >= 15 is 0 Å². The molecule has 2 heterocycles. The molecule has 0 aliphatic carbocycles. The molecule has 1 N–H and O–H groups in total. The fourth-order valence-corrected chi connectivity index (χ4v) is 5.57. The van der Waals surface area contributed by atoms with Gasteiger partial charge in [-0.1, -0.05) is 60.7 Å². The van der Waals surface area contributed by atoms with Crippen LogP contribution in [-0.4, -0.2) is 36.2 Å². The lowest BCUT2D eigenvalue weighted by Gasteiger charge is -2.33. The minimum atomic E-state index is -0.340. The average Bonchev–Trinajstić information content (AvgIpc) is 3.22. The summed E-state index contributed by atoms with van der Waals surface area (Å²) in [5.74, 6) is 0.341. The Kier molecular flexibility index (Phi) is 7.55. The summed E-state index contributed by atoms with van der Waals surface area (Å²) in [6, 6.07) is 22.9. The van der Waals surface area contributed by atoms with Gasteiger partial charge in [-0.3, -0.25) is 0 Å². The van der Waals surface area contributed by atoms with Gasteiger partial charge in [-0.2, -0.15) is 0 Å². The summed E-state index contributed by atoms with van der Waals surface area (Å²) in [7, 11) is 1.41. The summed E-state index contributed by atoms with van der Waals surface area (Å²) in [4.78, 5) is 15.7. The number of hydrogen-bond donors (Lipinski definition) is 1. The lowest BCUT2D eigenvalue weighted by Crippen LogP contribution is -2.41. The number of nitrogens with one attached hydrogen (secondary N) is 1. The smallest absolute Gasteiger partial charge is 0.340 e. The van der Waals surface area contributed by atoms with Crippen LogP contribution < -0.4 is 5.32 Å². The standard InChI is InChI=1S/C26H28N2O2S2/c1-30-25(29)23-18-22(17-20-10-6-3-7-11-20)32-24(23)27-26(31)28-14-12-21(13-15-28)16-19-8-4-2-5-9-19/h2-11,18,21H,12-17H2,1H3,(H,27,31). The molecule has 2 aromatic carbocycles. The van der Waals surface area contributed by atoms with Gasteiger partial charge in [0.1, 0.15) is 5.00 Å². The number of piperidine rings is 1. The van der Waals surface area contributed by atoms with Crippen LogP contribution in [0, 0.1) is 5.92 Å². The van der Waals surface area contributed by atoms with E-state index in [4.69, 9.17) is 17.0 Å². The summed E-state index contributed by atoms with van der Waals surface area (Å²) in [6.07, 6.45) is 4.12. The van der Waals surface area contributed by atoms with E-state index in [2.05, 4.69) is 52.7 Å². The van der Waals surface area contributed by atoms with Crippen molar-refractivity contribution in [3.63, 3.8) is 0 Å². The molecule has 1 aromatic heterocycles. The number of benzene rings is 2. The van der Waals surface area contributed by atoms with Crippen LogP contribution >= 0.6 is 23.6 Å². The summed E-state index contributed by atoms with van der Waals surface area (Å²) >= 11 is 7.28. The van der Waals surface area contributed by atoms with Crippen LogP contribution in [-0.2, 0) is 17.6 Å². The lowest BCUT2D eigenvalue weighted by atomic mass is 9.90. The summed E-state index contributed by atoms with van der Waals surface area (Å²) in [5, 5.41) is 4.79. The number of esters is 1. The zero-order valence-corrected chi connectivity index (χ0v) is 19.9. The number of ether oxygens (including phenoxy) is 1.